The van der Waals surface area contributed by atoms with Gasteiger partial charge in [0.15, 0.2) is 6.61 Å². The standard InChI is InChI=1S/C16H19N3O2/c1-13-6-3-7-14(2)16(13)21-12-15(20)19(10-4-8-17)11-5-9-18/h3,6-7H,4-5,10-12H2,1-2H3. The Morgan fingerprint density at radius 3 is 2.14 bits per heavy atom. The molecule has 0 heterocycles. The van der Waals surface area contributed by atoms with Crippen molar-refractivity contribution in [2.45, 2.75) is 26.7 Å². The van der Waals surface area contributed by atoms with Gasteiger partial charge in [0.1, 0.15) is 5.75 Å². The van der Waals surface area contributed by atoms with Crippen LogP contribution in [0.5, 0.6) is 5.75 Å². The maximum absolute atomic E-state index is 12.1. The molecule has 5 nitrogen and oxygen atoms in total. The van der Waals surface area contributed by atoms with Gasteiger partial charge in [-0.2, -0.15) is 10.5 Å². The van der Waals surface area contributed by atoms with Crippen molar-refractivity contribution in [2.75, 3.05) is 19.7 Å². The zero-order valence-electron chi connectivity index (χ0n) is 12.4. The fourth-order valence-electron chi connectivity index (χ4n) is 1.98. The van der Waals surface area contributed by atoms with Crippen molar-refractivity contribution in [2.24, 2.45) is 0 Å². The second-order valence-corrected chi connectivity index (χ2v) is 4.71. The summed E-state index contributed by atoms with van der Waals surface area (Å²) in [6, 6.07) is 9.80. The molecule has 0 aliphatic carbocycles. The van der Waals surface area contributed by atoms with Gasteiger partial charge in [0, 0.05) is 13.1 Å². The third kappa shape index (κ3) is 5.16. The van der Waals surface area contributed by atoms with Crippen LogP contribution in [0.15, 0.2) is 18.2 Å². The van der Waals surface area contributed by atoms with E-state index in [0.717, 1.165) is 11.1 Å². The Labute approximate surface area is 125 Å². The molecule has 0 aromatic heterocycles. The summed E-state index contributed by atoms with van der Waals surface area (Å²) in [7, 11) is 0. The largest absolute Gasteiger partial charge is 0.483 e. The molecule has 0 fully saturated rings. The zero-order valence-corrected chi connectivity index (χ0v) is 12.4. The monoisotopic (exact) mass is 285 g/mol. The van der Waals surface area contributed by atoms with Crippen LogP contribution in [0.2, 0.25) is 0 Å². The van der Waals surface area contributed by atoms with Gasteiger partial charge in [0.2, 0.25) is 0 Å². The first-order chi connectivity index (χ1) is 10.1. The number of carbonyl (C=O) groups excluding carboxylic acids is 1. The quantitative estimate of drug-likeness (QED) is 0.770. The van der Waals surface area contributed by atoms with E-state index in [1.165, 1.54) is 4.90 Å². The molecule has 0 atom stereocenters. The van der Waals surface area contributed by atoms with Crippen LogP contribution in [0.25, 0.3) is 0 Å². The van der Waals surface area contributed by atoms with Crippen LogP contribution in [-0.4, -0.2) is 30.5 Å². The zero-order chi connectivity index (χ0) is 15.7. The predicted molar refractivity (Wildman–Crippen MR) is 78.5 cm³/mol. The minimum absolute atomic E-state index is 0.0808. The van der Waals surface area contributed by atoms with E-state index in [0.29, 0.717) is 18.8 Å². The van der Waals surface area contributed by atoms with E-state index >= 15 is 0 Å². The second kappa shape index (κ2) is 8.60. The third-order valence-corrected chi connectivity index (χ3v) is 3.09. The average Bonchev–Trinajstić information content (AvgIpc) is 2.46. The Kier molecular flexibility index (Phi) is 6.77. The van der Waals surface area contributed by atoms with Crippen molar-refractivity contribution < 1.29 is 9.53 Å². The molecule has 0 N–H and O–H groups in total. The summed E-state index contributed by atoms with van der Waals surface area (Å²) in [6.07, 6.45) is 0.501. The van der Waals surface area contributed by atoms with Crippen molar-refractivity contribution in [1.29, 1.82) is 10.5 Å². The van der Waals surface area contributed by atoms with E-state index in [4.69, 9.17) is 15.3 Å². The number of aryl methyl sites for hydroxylation is 2. The molecule has 0 spiro atoms. The lowest BCUT2D eigenvalue weighted by Gasteiger charge is -2.21. The lowest BCUT2D eigenvalue weighted by molar-refractivity contribution is -0.133. The molecular formula is C16H19N3O2. The maximum Gasteiger partial charge on any atom is 0.260 e. The van der Waals surface area contributed by atoms with Crippen molar-refractivity contribution in [1.82, 2.24) is 4.90 Å². The van der Waals surface area contributed by atoms with Crippen LogP contribution in [0.1, 0.15) is 24.0 Å². The number of para-hydroxylation sites is 1. The number of benzene rings is 1. The van der Waals surface area contributed by atoms with Crippen molar-refractivity contribution in [3.05, 3.63) is 29.3 Å². The molecule has 0 saturated carbocycles. The highest BCUT2D eigenvalue weighted by Gasteiger charge is 2.14. The summed E-state index contributed by atoms with van der Waals surface area (Å²) >= 11 is 0. The Morgan fingerprint density at radius 2 is 1.67 bits per heavy atom. The van der Waals surface area contributed by atoms with Gasteiger partial charge in [0.05, 0.1) is 25.0 Å². The summed E-state index contributed by atoms with van der Waals surface area (Å²) in [5, 5.41) is 17.2. The molecule has 1 aromatic rings. The van der Waals surface area contributed by atoms with Crippen LogP contribution in [0.3, 0.4) is 0 Å². The molecular weight excluding hydrogens is 266 g/mol. The molecule has 21 heavy (non-hydrogen) atoms. The van der Waals surface area contributed by atoms with Gasteiger partial charge in [-0.05, 0) is 25.0 Å². The van der Waals surface area contributed by atoms with Crippen molar-refractivity contribution in [3.8, 4) is 17.9 Å². The summed E-state index contributed by atoms with van der Waals surface area (Å²) in [4.78, 5) is 13.6. The molecule has 0 saturated heterocycles. The molecule has 0 bridgehead atoms. The highest BCUT2D eigenvalue weighted by molar-refractivity contribution is 5.77. The van der Waals surface area contributed by atoms with Gasteiger partial charge in [-0.25, -0.2) is 0 Å². The molecule has 0 aliphatic rings. The predicted octanol–water partition coefficient (Wildman–Crippen LogP) is 2.34. The first-order valence-electron chi connectivity index (χ1n) is 6.80. The Bertz CT molecular complexity index is 532. The van der Waals surface area contributed by atoms with Gasteiger partial charge in [-0.15, -0.1) is 0 Å². The van der Waals surface area contributed by atoms with Gasteiger partial charge in [0.25, 0.3) is 5.91 Å². The number of carbonyl (C=O) groups is 1. The Balaban J connectivity index is 2.65. The summed E-state index contributed by atoms with van der Waals surface area (Å²) in [6.45, 7) is 4.43. The number of hydrogen-bond donors (Lipinski definition) is 0. The Hall–Kier alpha value is -2.53. The molecule has 1 aromatic carbocycles. The fraction of sp³-hybridized carbons (Fsp3) is 0.438. The van der Waals surface area contributed by atoms with Crippen molar-refractivity contribution >= 4 is 5.91 Å². The number of amides is 1. The number of rotatable bonds is 7. The third-order valence-electron chi connectivity index (χ3n) is 3.09. The molecule has 0 unspecified atom stereocenters. The number of nitriles is 2. The van der Waals surface area contributed by atoms with Crippen LogP contribution in [0, 0.1) is 36.5 Å². The minimum atomic E-state index is -0.205. The van der Waals surface area contributed by atoms with Gasteiger partial charge >= 0.3 is 0 Å². The molecule has 0 radical (unpaired) electrons. The number of hydrogen-bond acceptors (Lipinski definition) is 4. The lowest BCUT2D eigenvalue weighted by Crippen LogP contribution is -2.36. The van der Waals surface area contributed by atoms with E-state index < -0.39 is 0 Å². The topological polar surface area (TPSA) is 77.1 Å². The fourth-order valence-corrected chi connectivity index (χ4v) is 1.98. The first kappa shape index (κ1) is 16.5. The van der Waals surface area contributed by atoms with Crippen LogP contribution < -0.4 is 4.74 Å². The van der Waals surface area contributed by atoms with Crippen molar-refractivity contribution in [3.63, 3.8) is 0 Å². The van der Waals surface area contributed by atoms with E-state index in [1.807, 2.05) is 44.2 Å². The Morgan fingerprint density at radius 1 is 1.14 bits per heavy atom. The highest BCUT2D eigenvalue weighted by Crippen LogP contribution is 2.22. The minimum Gasteiger partial charge on any atom is -0.483 e. The summed E-state index contributed by atoms with van der Waals surface area (Å²) < 4.78 is 5.61. The van der Waals surface area contributed by atoms with Crippen LogP contribution in [0.4, 0.5) is 0 Å². The lowest BCUT2D eigenvalue weighted by atomic mass is 10.1. The van der Waals surface area contributed by atoms with Gasteiger partial charge < -0.3 is 9.64 Å². The second-order valence-electron chi connectivity index (χ2n) is 4.71. The molecule has 1 amide bonds. The highest BCUT2D eigenvalue weighted by atomic mass is 16.5. The van der Waals surface area contributed by atoms with E-state index in [2.05, 4.69) is 0 Å². The van der Waals surface area contributed by atoms with E-state index in [-0.39, 0.29) is 25.4 Å². The van der Waals surface area contributed by atoms with E-state index in [1.54, 1.807) is 0 Å². The normalized spacial score (nSPS) is 9.52. The maximum atomic E-state index is 12.1. The molecule has 110 valence electrons. The first-order valence-corrected chi connectivity index (χ1v) is 6.80. The summed E-state index contributed by atoms with van der Waals surface area (Å²) in [5.74, 6) is 0.509. The number of ether oxygens (including phenoxy) is 1. The average molecular weight is 285 g/mol. The van der Waals surface area contributed by atoms with Crippen LogP contribution >= 0.6 is 0 Å². The smallest absolute Gasteiger partial charge is 0.260 e. The van der Waals surface area contributed by atoms with Gasteiger partial charge in [-0.1, -0.05) is 18.2 Å². The molecule has 5 heteroatoms. The molecule has 1 rings (SSSR count). The SMILES string of the molecule is Cc1cccc(C)c1OCC(=O)N(CCC#N)CCC#N. The summed E-state index contributed by atoms with van der Waals surface area (Å²) in [5.41, 5.74) is 1.95. The van der Waals surface area contributed by atoms with Gasteiger partial charge in [-0.3, -0.25) is 4.79 Å². The van der Waals surface area contributed by atoms with Crippen LogP contribution in [-0.2, 0) is 4.79 Å². The van der Waals surface area contributed by atoms with E-state index in [9.17, 15) is 4.79 Å². The number of nitrogens with zero attached hydrogens (tertiary/aromatic N) is 3. The molecule has 0 aliphatic heterocycles.